The summed E-state index contributed by atoms with van der Waals surface area (Å²) in [7, 11) is 3.33. The van der Waals surface area contributed by atoms with Gasteiger partial charge in [0, 0.05) is 34.2 Å². The van der Waals surface area contributed by atoms with Gasteiger partial charge in [-0.15, -0.1) is 0 Å². The van der Waals surface area contributed by atoms with Crippen LogP contribution in [0.2, 0.25) is 0 Å². The van der Waals surface area contributed by atoms with Gasteiger partial charge >= 0.3 is 0 Å². The highest BCUT2D eigenvalue weighted by Crippen LogP contribution is 2.03. The SMILES string of the molecule is N#CN1CCCC1.[nH]1ss1. The van der Waals surface area contributed by atoms with Crippen LogP contribution in [0, 0.1) is 11.5 Å². The smallest absolute Gasteiger partial charge is 0.179 e. The monoisotopic (exact) mass is 175 g/mol. The molecule has 1 aromatic rings. The first kappa shape index (κ1) is 7.63. The molecule has 0 bridgehead atoms. The minimum absolute atomic E-state index is 0.983. The molecule has 0 saturated carbocycles. The van der Waals surface area contributed by atoms with Crippen molar-refractivity contribution >= 4 is 21.1 Å². The molecular weight excluding hydrogens is 166 g/mol. The zero-order valence-corrected chi connectivity index (χ0v) is 7.17. The molecule has 56 valence electrons. The van der Waals surface area contributed by atoms with Gasteiger partial charge in [0.25, 0.3) is 0 Å². The largest absolute Gasteiger partial charge is 0.311 e. The molecule has 5 heteroatoms. The van der Waals surface area contributed by atoms with E-state index in [1.807, 2.05) is 0 Å². The number of H-pyrrole nitrogens is 1. The van der Waals surface area contributed by atoms with Crippen molar-refractivity contribution in [2.45, 2.75) is 12.8 Å². The molecule has 1 aliphatic heterocycles. The first-order valence-electron chi connectivity index (χ1n) is 3.15. The van der Waals surface area contributed by atoms with Crippen LogP contribution in [-0.4, -0.2) is 21.8 Å². The summed E-state index contributed by atoms with van der Waals surface area (Å²) >= 11 is 0. The van der Waals surface area contributed by atoms with Crippen LogP contribution in [0.1, 0.15) is 12.8 Å². The van der Waals surface area contributed by atoms with Gasteiger partial charge in [0.1, 0.15) is 0 Å². The fourth-order valence-corrected chi connectivity index (χ4v) is 0.817. The standard InChI is InChI=1S/C5H8N2.HNS2/c6-5-7-3-1-2-4-7;1-2-3-1/h1-4H2;1H. The number of nitrogens with one attached hydrogen (secondary N) is 1. The topological polar surface area (TPSA) is 42.8 Å². The summed E-state index contributed by atoms with van der Waals surface area (Å²) in [5, 5.41) is 8.24. The number of hydrogen-bond acceptors (Lipinski definition) is 4. The molecule has 2 heterocycles. The van der Waals surface area contributed by atoms with E-state index in [4.69, 9.17) is 5.26 Å². The lowest BCUT2D eigenvalue weighted by atomic mass is 10.4. The Morgan fingerprint density at radius 3 is 2.00 bits per heavy atom. The Morgan fingerprint density at radius 1 is 1.30 bits per heavy atom. The van der Waals surface area contributed by atoms with Gasteiger partial charge in [-0.2, -0.15) is 5.26 Å². The molecule has 3 nitrogen and oxygen atoms in total. The van der Waals surface area contributed by atoms with Crippen LogP contribution in [0.25, 0.3) is 0 Å². The Kier molecular flexibility index (Phi) is 3.33. The number of nitriles is 1. The summed E-state index contributed by atoms with van der Waals surface area (Å²) in [5.74, 6) is 0. The lowest BCUT2D eigenvalue weighted by Gasteiger charge is -2.00. The molecule has 0 aliphatic carbocycles. The van der Waals surface area contributed by atoms with Crippen molar-refractivity contribution in [3.63, 3.8) is 0 Å². The first-order chi connectivity index (χ1) is 4.93. The minimum atomic E-state index is 0.983. The molecule has 0 radical (unpaired) electrons. The van der Waals surface area contributed by atoms with E-state index in [0.29, 0.717) is 0 Å². The van der Waals surface area contributed by atoms with E-state index in [1.54, 1.807) is 26.0 Å². The molecule has 2 rings (SSSR count). The van der Waals surface area contributed by atoms with E-state index in [2.05, 4.69) is 9.96 Å². The summed E-state index contributed by atoms with van der Waals surface area (Å²) in [6.45, 7) is 1.97. The average Bonchev–Trinajstić information content (AvgIpc) is 2.75. The molecule has 0 amide bonds. The van der Waals surface area contributed by atoms with Crippen molar-refractivity contribution in [1.29, 1.82) is 5.26 Å². The molecule has 1 saturated heterocycles. The summed E-state index contributed by atoms with van der Waals surface area (Å²) in [5.41, 5.74) is 0. The van der Waals surface area contributed by atoms with Gasteiger partial charge in [-0.1, -0.05) is 0 Å². The molecule has 0 atom stereocenters. The van der Waals surface area contributed by atoms with Crippen LogP contribution in [0.5, 0.6) is 0 Å². The molecule has 1 aliphatic rings. The maximum atomic E-state index is 8.24. The van der Waals surface area contributed by atoms with Crippen LogP contribution < -0.4 is 0 Å². The Labute approximate surface area is 67.6 Å². The molecule has 0 spiro atoms. The fourth-order valence-electron chi connectivity index (χ4n) is 0.817. The Hall–Kier alpha value is -0.470. The molecule has 1 fully saturated rings. The highest BCUT2D eigenvalue weighted by molar-refractivity contribution is 7.75. The maximum absolute atomic E-state index is 8.24. The van der Waals surface area contributed by atoms with E-state index in [9.17, 15) is 0 Å². The normalized spacial score (nSPS) is 16.1. The number of aromatic nitrogens is 1. The summed E-state index contributed by atoms with van der Waals surface area (Å²) < 4.78 is 2.83. The minimum Gasteiger partial charge on any atom is -0.311 e. The van der Waals surface area contributed by atoms with E-state index in [0.717, 1.165) is 13.1 Å². The van der Waals surface area contributed by atoms with Crippen molar-refractivity contribution in [3.8, 4) is 6.19 Å². The highest BCUT2D eigenvalue weighted by Gasteiger charge is 2.06. The number of rotatable bonds is 0. The number of nitrogens with zero attached hydrogens (tertiary/aromatic N) is 2. The highest BCUT2D eigenvalue weighted by atomic mass is 33.0. The first-order valence-corrected chi connectivity index (χ1v) is 5.30. The number of likely N-dealkylation sites (tertiary alicyclic amines) is 1. The predicted molar refractivity (Wildman–Crippen MR) is 43.0 cm³/mol. The van der Waals surface area contributed by atoms with Crippen LogP contribution in [0.4, 0.5) is 0 Å². The summed E-state index contributed by atoms with van der Waals surface area (Å²) in [6, 6.07) is 0. The lowest BCUT2D eigenvalue weighted by Crippen LogP contribution is -2.10. The maximum Gasteiger partial charge on any atom is 0.179 e. The third-order valence-electron chi connectivity index (χ3n) is 1.33. The second-order valence-electron chi connectivity index (χ2n) is 2.04. The van der Waals surface area contributed by atoms with Crippen LogP contribution in [0.15, 0.2) is 0 Å². The molecule has 0 unspecified atom stereocenters. The molecule has 0 aromatic carbocycles. The second kappa shape index (κ2) is 4.36. The Balaban J connectivity index is 0.000000138. The van der Waals surface area contributed by atoms with Gasteiger partial charge in [0.15, 0.2) is 6.19 Å². The van der Waals surface area contributed by atoms with Gasteiger partial charge in [0.2, 0.25) is 0 Å². The predicted octanol–water partition coefficient (Wildman–Crippen LogP) is 1.70. The van der Waals surface area contributed by atoms with E-state index in [-0.39, 0.29) is 0 Å². The second-order valence-corrected chi connectivity index (χ2v) is 4.04. The fraction of sp³-hybridized carbons (Fsp3) is 0.800. The van der Waals surface area contributed by atoms with Crippen LogP contribution in [0.3, 0.4) is 0 Å². The zero-order chi connectivity index (χ0) is 7.23. The lowest BCUT2D eigenvalue weighted by molar-refractivity contribution is 0.487. The summed E-state index contributed by atoms with van der Waals surface area (Å²) in [4.78, 5) is 1.79. The molecule has 1 aromatic heterocycles. The van der Waals surface area contributed by atoms with Gasteiger partial charge in [-0.05, 0) is 12.8 Å². The third kappa shape index (κ3) is 3.54. The molecule has 10 heavy (non-hydrogen) atoms. The quantitative estimate of drug-likeness (QED) is 0.482. The van der Waals surface area contributed by atoms with Gasteiger partial charge in [-0.25, -0.2) is 3.76 Å². The van der Waals surface area contributed by atoms with Crippen LogP contribution >= 0.6 is 21.1 Å². The third-order valence-corrected chi connectivity index (χ3v) is 2.00. The zero-order valence-electron chi connectivity index (χ0n) is 5.54. The van der Waals surface area contributed by atoms with Crippen molar-refractivity contribution in [3.05, 3.63) is 0 Å². The number of hydrogen-bond donors (Lipinski definition) is 1. The van der Waals surface area contributed by atoms with Crippen molar-refractivity contribution in [2.24, 2.45) is 0 Å². The van der Waals surface area contributed by atoms with Crippen molar-refractivity contribution in [2.75, 3.05) is 13.1 Å². The van der Waals surface area contributed by atoms with E-state index < -0.39 is 0 Å². The van der Waals surface area contributed by atoms with E-state index in [1.165, 1.54) is 12.8 Å². The Bertz CT molecular complexity index is 164. The molecular formula is C5H9N3S2. The Morgan fingerprint density at radius 2 is 1.80 bits per heavy atom. The van der Waals surface area contributed by atoms with Gasteiger partial charge < -0.3 is 4.90 Å². The van der Waals surface area contributed by atoms with E-state index >= 15 is 0 Å². The van der Waals surface area contributed by atoms with Gasteiger partial charge in [-0.3, -0.25) is 0 Å². The number of aromatic amines is 1. The van der Waals surface area contributed by atoms with Crippen molar-refractivity contribution in [1.82, 2.24) is 8.66 Å². The average molecular weight is 175 g/mol. The van der Waals surface area contributed by atoms with Crippen molar-refractivity contribution < 1.29 is 0 Å². The van der Waals surface area contributed by atoms with Crippen LogP contribution in [-0.2, 0) is 0 Å². The molecule has 1 N–H and O–H groups in total. The summed E-state index contributed by atoms with van der Waals surface area (Å²) in [6.07, 6.45) is 4.50. The van der Waals surface area contributed by atoms with Gasteiger partial charge in [0.05, 0.1) is 0 Å².